The molecule has 0 amide bonds. The molecule has 12 rings (SSSR count). The molecule has 0 fully saturated rings. The maximum Gasteiger partial charge on any atom is 0.160 e. The molecule has 0 saturated heterocycles. The van der Waals surface area contributed by atoms with Crippen molar-refractivity contribution >= 4 is 93.1 Å². The Morgan fingerprint density at radius 1 is 0.518 bits per heavy atom. The fraction of sp³-hybridized carbons (Fsp3) is 0.0196. The van der Waals surface area contributed by atoms with E-state index in [9.17, 15) is 0 Å². The summed E-state index contributed by atoms with van der Waals surface area (Å²) >= 11 is 3.77. The third-order valence-corrected chi connectivity index (χ3v) is 13.5. The Hall–Kier alpha value is -6.53. The molecule has 0 saturated carbocycles. The van der Waals surface area contributed by atoms with Crippen molar-refractivity contribution in [3.05, 3.63) is 193 Å². The minimum absolute atomic E-state index is 0.695. The predicted octanol–water partition coefficient (Wildman–Crippen LogP) is 14.1. The lowest BCUT2D eigenvalue weighted by Gasteiger charge is -2.21. The Kier molecular flexibility index (Phi) is 7.10. The van der Waals surface area contributed by atoms with E-state index in [1.165, 1.54) is 79.4 Å². The average Bonchev–Trinajstić information content (AvgIpc) is 3.72. The molecular formula is C51H31N3S2. The molecule has 0 N–H and O–H groups in total. The van der Waals surface area contributed by atoms with Gasteiger partial charge in [0.15, 0.2) is 5.84 Å². The van der Waals surface area contributed by atoms with Gasteiger partial charge >= 0.3 is 0 Å². The van der Waals surface area contributed by atoms with Crippen molar-refractivity contribution < 1.29 is 0 Å². The summed E-state index contributed by atoms with van der Waals surface area (Å²) in [5.74, 6) is 0.738. The molecule has 10 aromatic rings. The number of allylic oxidation sites excluding steroid dienone is 1. The molecule has 4 heterocycles. The zero-order valence-corrected chi connectivity index (χ0v) is 31.7. The van der Waals surface area contributed by atoms with Crippen molar-refractivity contribution in [2.24, 2.45) is 9.98 Å². The lowest BCUT2D eigenvalue weighted by molar-refractivity contribution is 1.09. The third kappa shape index (κ3) is 4.91. The quantitative estimate of drug-likeness (QED) is 0.176. The van der Waals surface area contributed by atoms with E-state index in [4.69, 9.17) is 9.98 Å². The Morgan fingerprint density at radius 2 is 1.27 bits per heavy atom. The number of benzene rings is 8. The fourth-order valence-electron chi connectivity index (χ4n) is 8.65. The van der Waals surface area contributed by atoms with E-state index in [0.29, 0.717) is 6.42 Å². The smallest absolute Gasteiger partial charge is 0.160 e. The van der Waals surface area contributed by atoms with Crippen LogP contribution in [0.1, 0.15) is 23.1 Å². The van der Waals surface area contributed by atoms with Crippen molar-refractivity contribution in [1.82, 2.24) is 4.57 Å². The monoisotopic (exact) mass is 749 g/mol. The number of thiophene rings is 1. The van der Waals surface area contributed by atoms with E-state index >= 15 is 0 Å². The van der Waals surface area contributed by atoms with Crippen LogP contribution in [0.5, 0.6) is 0 Å². The summed E-state index contributed by atoms with van der Waals surface area (Å²) in [5.41, 5.74) is 11.5. The van der Waals surface area contributed by atoms with Gasteiger partial charge in [0.2, 0.25) is 0 Å². The lowest BCUT2D eigenvalue weighted by Crippen LogP contribution is -2.04. The van der Waals surface area contributed by atoms with E-state index in [1.807, 2.05) is 47.4 Å². The highest BCUT2D eigenvalue weighted by Crippen LogP contribution is 2.50. The zero-order chi connectivity index (χ0) is 36.7. The first-order chi connectivity index (χ1) is 27.7. The average molecular weight is 750 g/mol. The van der Waals surface area contributed by atoms with Gasteiger partial charge in [-0.15, -0.1) is 11.3 Å². The van der Waals surface area contributed by atoms with Crippen LogP contribution in [0, 0.1) is 0 Å². The Labute approximate surface area is 331 Å². The second kappa shape index (κ2) is 12.5. The predicted molar refractivity (Wildman–Crippen MR) is 239 cm³/mol. The van der Waals surface area contributed by atoms with Crippen molar-refractivity contribution in [3.8, 4) is 16.8 Å². The molecular weight excluding hydrogens is 719 g/mol. The van der Waals surface area contributed by atoms with Gasteiger partial charge in [0.05, 0.1) is 28.1 Å². The second-order valence-electron chi connectivity index (χ2n) is 14.5. The molecule has 2 aliphatic heterocycles. The van der Waals surface area contributed by atoms with Crippen LogP contribution in [0.4, 0.5) is 0 Å². The SMILES string of the molecule is C1=C(c2ccccc2)N=C(c2ccccc2)N=C(c2ccc3c(c2)sc2c(-c4ccc5c(c4)Sc4cc6ccccc6c6c7ccccc7n-5c46)cccc23)C1. The minimum Gasteiger partial charge on any atom is -0.307 e. The lowest BCUT2D eigenvalue weighted by atomic mass is 10.0. The van der Waals surface area contributed by atoms with Gasteiger partial charge in [0.1, 0.15) is 0 Å². The number of fused-ring (bicyclic) bond motifs is 10. The van der Waals surface area contributed by atoms with Gasteiger partial charge in [-0.3, -0.25) is 0 Å². The zero-order valence-electron chi connectivity index (χ0n) is 30.1. The van der Waals surface area contributed by atoms with Crippen LogP contribution in [-0.2, 0) is 0 Å². The number of amidine groups is 1. The summed E-state index contributed by atoms with van der Waals surface area (Å²) in [4.78, 5) is 12.9. The van der Waals surface area contributed by atoms with Crippen LogP contribution in [0.25, 0.3) is 75.3 Å². The van der Waals surface area contributed by atoms with Gasteiger partial charge in [-0.25, -0.2) is 9.98 Å². The molecule has 0 unspecified atom stereocenters. The molecule has 8 aromatic carbocycles. The molecule has 262 valence electrons. The molecule has 0 atom stereocenters. The fourth-order valence-corrected chi connectivity index (χ4v) is 11.1. The van der Waals surface area contributed by atoms with E-state index in [-0.39, 0.29) is 0 Å². The number of nitrogens with zero attached hydrogens (tertiary/aromatic N) is 3. The van der Waals surface area contributed by atoms with E-state index < -0.39 is 0 Å². The summed E-state index contributed by atoms with van der Waals surface area (Å²) in [5, 5.41) is 7.80. The number of aliphatic imine (C=N–C) groups is 2. The van der Waals surface area contributed by atoms with Crippen LogP contribution in [0.3, 0.4) is 0 Å². The molecule has 0 spiro atoms. The molecule has 2 aliphatic rings. The maximum absolute atomic E-state index is 5.24. The largest absolute Gasteiger partial charge is 0.307 e. The summed E-state index contributed by atoms with van der Waals surface area (Å²) in [6.45, 7) is 0. The van der Waals surface area contributed by atoms with E-state index in [2.05, 4.69) is 156 Å². The first kappa shape index (κ1) is 31.8. The topological polar surface area (TPSA) is 29.6 Å². The molecule has 56 heavy (non-hydrogen) atoms. The second-order valence-corrected chi connectivity index (χ2v) is 16.6. The minimum atomic E-state index is 0.695. The number of rotatable bonds is 4. The van der Waals surface area contributed by atoms with Gasteiger partial charge in [-0.1, -0.05) is 157 Å². The number of hydrogen-bond donors (Lipinski definition) is 0. The first-order valence-electron chi connectivity index (χ1n) is 19.0. The molecule has 0 aliphatic carbocycles. The van der Waals surface area contributed by atoms with Crippen molar-refractivity contribution in [2.45, 2.75) is 16.2 Å². The van der Waals surface area contributed by atoms with E-state index in [1.54, 1.807) is 0 Å². The van der Waals surface area contributed by atoms with Crippen LogP contribution >= 0.6 is 23.1 Å². The number of para-hydroxylation sites is 1. The van der Waals surface area contributed by atoms with Gasteiger partial charge in [-0.05, 0) is 63.4 Å². The number of aromatic nitrogens is 1. The van der Waals surface area contributed by atoms with Crippen LogP contribution in [-0.4, -0.2) is 16.1 Å². The van der Waals surface area contributed by atoms with Crippen molar-refractivity contribution in [2.75, 3.05) is 0 Å². The first-order valence-corrected chi connectivity index (χ1v) is 20.6. The summed E-state index contributed by atoms with van der Waals surface area (Å²) in [7, 11) is 0. The van der Waals surface area contributed by atoms with Gasteiger partial charge < -0.3 is 4.57 Å². The highest BCUT2D eigenvalue weighted by molar-refractivity contribution is 7.99. The highest BCUT2D eigenvalue weighted by atomic mass is 32.2. The summed E-state index contributed by atoms with van der Waals surface area (Å²) < 4.78 is 5.06. The van der Waals surface area contributed by atoms with E-state index in [0.717, 1.165) is 33.9 Å². The molecule has 5 heteroatoms. The summed E-state index contributed by atoms with van der Waals surface area (Å²) in [6.07, 6.45) is 2.91. The van der Waals surface area contributed by atoms with Crippen molar-refractivity contribution in [3.63, 3.8) is 0 Å². The van der Waals surface area contributed by atoms with Gasteiger partial charge in [-0.2, -0.15) is 0 Å². The standard InChI is InChI=1S/C51H31N3S2/c1-3-12-31(13-4-1)41-25-26-42(53-51(52-41)32-14-5-2-6-15-32)35-22-24-38-39-20-11-19-37(50(39)56-45(38)30-35)34-23-27-44-46(28-34)55-47-29-33-16-7-8-17-36(33)48-40-18-9-10-21-43(40)54(44)49(47)48/h1-25,27-30H,26H2. The maximum atomic E-state index is 5.24. The molecule has 0 bridgehead atoms. The summed E-state index contributed by atoms with van der Waals surface area (Å²) in [6, 6.07) is 61.5. The Balaban J connectivity index is 0.969. The van der Waals surface area contributed by atoms with Crippen molar-refractivity contribution in [1.29, 1.82) is 0 Å². The van der Waals surface area contributed by atoms with Gasteiger partial charge in [0, 0.05) is 52.7 Å². The van der Waals surface area contributed by atoms with Gasteiger partial charge in [0.25, 0.3) is 0 Å². The highest BCUT2D eigenvalue weighted by Gasteiger charge is 2.25. The van der Waals surface area contributed by atoms with Crippen LogP contribution in [0.2, 0.25) is 0 Å². The van der Waals surface area contributed by atoms with Crippen LogP contribution < -0.4 is 0 Å². The normalized spacial score (nSPS) is 13.9. The number of hydrogen-bond acceptors (Lipinski definition) is 4. The molecule has 3 nitrogen and oxygen atoms in total. The Bertz CT molecular complexity index is 3350. The third-order valence-electron chi connectivity index (χ3n) is 11.2. The Morgan fingerprint density at radius 3 is 2.14 bits per heavy atom. The van der Waals surface area contributed by atoms with Crippen LogP contribution in [0.15, 0.2) is 196 Å². The molecule has 0 radical (unpaired) electrons. The molecule has 2 aromatic heterocycles.